The summed E-state index contributed by atoms with van der Waals surface area (Å²) in [6.45, 7) is 3.46. The molecular weight excluding hydrogens is 590 g/mol. The van der Waals surface area contributed by atoms with E-state index in [0.29, 0.717) is 68.9 Å². The lowest BCUT2D eigenvalue weighted by Gasteiger charge is -2.39. The number of nitrogens with one attached hydrogen (secondary N) is 2. The van der Waals surface area contributed by atoms with Crippen LogP contribution in [0.15, 0.2) is 54.9 Å². The van der Waals surface area contributed by atoms with E-state index in [-0.39, 0.29) is 12.5 Å². The number of ether oxygens (including phenoxy) is 1. The summed E-state index contributed by atoms with van der Waals surface area (Å²) >= 11 is 0. The molecule has 0 bridgehead atoms. The van der Waals surface area contributed by atoms with E-state index < -0.39 is 22.8 Å². The van der Waals surface area contributed by atoms with Crippen molar-refractivity contribution in [1.82, 2.24) is 15.0 Å². The van der Waals surface area contributed by atoms with E-state index >= 15 is 0 Å². The van der Waals surface area contributed by atoms with Crippen molar-refractivity contribution in [3.05, 3.63) is 94.7 Å². The van der Waals surface area contributed by atoms with E-state index in [1.54, 1.807) is 43.0 Å². The van der Waals surface area contributed by atoms with Crippen LogP contribution in [-0.2, 0) is 23.3 Å². The number of aromatic nitrogens is 3. The van der Waals surface area contributed by atoms with Crippen molar-refractivity contribution in [1.29, 1.82) is 5.41 Å². The summed E-state index contributed by atoms with van der Waals surface area (Å²) in [6, 6.07) is 11.2. The lowest BCUT2D eigenvalue weighted by Crippen LogP contribution is -2.52. The minimum Gasteiger partial charge on any atom is -0.476 e. The maximum absolute atomic E-state index is 13.7. The summed E-state index contributed by atoms with van der Waals surface area (Å²) in [5.41, 5.74) is 2.55. The first kappa shape index (κ1) is 29.6. The predicted molar refractivity (Wildman–Crippen MR) is 168 cm³/mol. The highest BCUT2D eigenvalue weighted by atomic mass is 19.1. The molecule has 2 saturated carbocycles. The van der Waals surface area contributed by atoms with Crippen LogP contribution >= 0.6 is 0 Å². The third-order valence-electron chi connectivity index (χ3n) is 8.89. The van der Waals surface area contributed by atoms with E-state index in [2.05, 4.69) is 15.3 Å². The number of fused-ring (bicyclic) bond motifs is 1. The first-order valence-corrected chi connectivity index (χ1v) is 15.3. The van der Waals surface area contributed by atoms with Crippen molar-refractivity contribution >= 4 is 29.9 Å². The first-order valence-electron chi connectivity index (χ1n) is 15.3. The first-order chi connectivity index (χ1) is 22.1. The quantitative estimate of drug-likeness (QED) is 0.155. The van der Waals surface area contributed by atoms with Gasteiger partial charge >= 0.3 is 0 Å². The molecule has 234 valence electrons. The molecule has 2 fully saturated rings. The number of anilines is 2. The largest absolute Gasteiger partial charge is 0.476 e. The van der Waals surface area contributed by atoms with Crippen LogP contribution in [0.2, 0.25) is 0 Å². The number of halogens is 2. The Morgan fingerprint density at radius 2 is 1.78 bits per heavy atom. The molecule has 4 aromatic rings. The van der Waals surface area contributed by atoms with Crippen molar-refractivity contribution in [2.45, 2.75) is 63.6 Å². The molecule has 1 amide bonds. The molecule has 2 N–H and O–H groups in total. The Kier molecular flexibility index (Phi) is 7.14. The van der Waals surface area contributed by atoms with Gasteiger partial charge in [-0.2, -0.15) is 0 Å². The van der Waals surface area contributed by atoms with Crippen molar-refractivity contribution in [2.75, 3.05) is 10.2 Å². The number of amides is 1. The number of aldehydes is 1. The Morgan fingerprint density at radius 3 is 2.39 bits per heavy atom. The predicted octanol–water partition coefficient (Wildman–Crippen LogP) is 6.38. The van der Waals surface area contributed by atoms with Gasteiger partial charge in [-0.25, -0.2) is 13.8 Å². The summed E-state index contributed by atoms with van der Waals surface area (Å²) < 4.78 is 33.4. The Hall–Kier alpha value is -5.06. The minimum absolute atomic E-state index is 0.109. The normalized spacial score (nSPS) is 17.6. The third-order valence-corrected chi connectivity index (χ3v) is 8.89. The van der Waals surface area contributed by atoms with E-state index in [0.717, 1.165) is 38.2 Å². The number of pyridine rings is 3. The van der Waals surface area contributed by atoms with Crippen molar-refractivity contribution < 1.29 is 23.1 Å². The number of benzene rings is 1. The molecule has 7 rings (SSSR count). The fourth-order valence-corrected chi connectivity index (χ4v) is 6.09. The lowest BCUT2D eigenvalue weighted by atomic mass is 9.91. The van der Waals surface area contributed by atoms with Gasteiger partial charge in [0.1, 0.15) is 23.2 Å². The number of carbonyl (C=O) groups is 2. The van der Waals surface area contributed by atoms with Crippen LogP contribution in [0, 0.1) is 23.0 Å². The molecule has 0 radical (unpaired) electrons. The molecule has 46 heavy (non-hydrogen) atoms. The molecule has 1 aliphatic heterocycles. The zero-order valence-electron chi connectivity index (χ0n) is 25.4. The smallest absolute Gasteiger partial charge is 0.271 e. The molecular formula is C35H32F2N6O3. The van der Waals surface area contributed by atoms with E-state index in [1.165, 1.54) is 30.6 Å². The zero-order chi connectivity index (χ0) is 32.2. The van der Waals surface area contributed by atoms with Gasteiger partial charge in [-0.1, -0.05) is 6.07 Å². The van der Waals surface area contributed by atoms with Gasteiger partial charge < -0.3 is 15.5 Å². The summed E-state index contributed by atoms with van der Waals surface area (Å²) in [5.74, 6) is 0.130. The van der Waals surface area contributed by atoms with Crippen molar-refractivity contribution in [2.24, 2.45) is 5.92 Å². The van der Waals surface area contributed by atoms with Crippen molar-refractivity contribution in [3.8, 4) is 16.9 Å². The van der Waals surface area contributed by atoms with Crippen LogP contribution in [0.25, 0.3) is 11.1 Å². The van der Waals surface area contributed by atoms with Crippen molar-refractivity contribution in [3.63, 3.8) is 0 Å². The van der Waals surface area contributed by atoms with Crippen LogP contribution in [0.5, 0.6) is 5.75 Å². The Labute approximate surface area is 264 Å². The third kappa shape index (κ3) is 5.39. The van der Waals surface area contributed by atoms with Gasteiger partial charge in [0.05, 0.1) is 47.2 Å². The highest BCUT2D eigenvalue weighted by Gasteiger charge is 2.47. The summed E-state index contributed by atoms with van der Waals surface area (Å²) in [7, 11) is 0. The van der Waals surface area contributed by atoms with Gasteiger partial charge in [0.15, 0.2) is 11.9 Å². The molecule has 3 aromatic heterocycles. The SMILES string of the molecule is CC1(C)Oc2cc(-c3c(C=O)c(CC4CC4)nc(NC4(c5ccc(F)cn5)CC4)c3C=N)ccc2N(Cc2ccc(F)cn2)C1=O. The van der Waals surface area contributed by atoms with Gasteiger partial charge in [0.25, 0.3) is 5.91 Å². The molecule has 0 unspecified atom stereocenters. The molecule has 2 aliphatic carbocycles. The molecule has 0 atom stereocenters. The van der Waals surface area contributed by atoms with Crippen LogP contribution in [-0.4, -0.2) is 39.0 Å². The average molecular weight is 623 g/mol. The Bertz CT molecular complexity index is 1870. The van der Waals surface area contributed by atoms with Gasteiger partial charge in [-0.3, -0.25) is 24.5 Å². The standard InChI is InChI=1S/C35H32F2N6O3/c1-34(2)33(45)43(18-24-8-6-22(36)16-39-24)28-9-5-21(14-29(28)46-34)31-25(15-38)32(41-27(26(31)19-44)13-20-3-4-20)42-35(11-12-35)30-10-7-23(37)17-40-30/h5-10,14-17,19-20,38H,3-4,11-13,18H2,1-2H3,(H,41,42). The summed E-state index contributed by atoms with van der Waals surface area (Å²) in [4.78, 5) is 41.2. The van der Waals surface area contributed by atoms with Gasteiger partial charge in [-0.15, -0.1) is 0 Å². The molecule has 0 spiro atoms. The zero-order valence-corrected chi connectivity index (χ0v) is 25.4. The highest BCUT2D eigenvalue weighted by molar-refractivity contribution is 6.05. The molecule has 0 saturated heterocycles. The van der Waals surface area contributed by atoms with Crippen LogP contribution in [0.3, 0.4) is 0 Å². The fourth-order valence-electron chi connectivity index (χ4n) is 6.09. The maximum atomic E-state index is 13.7. The Morgan fingerprint density at radius 1 is 1.04 bits per heavy atom. The van der Waals surface area contributed by atoms with Crippen LogP contribution < -0.4 is 15.0 Å². The van der Waals surface area contributed by atoms with Gasteiger partial charge in [0.2, 0.25) is 0 Å². The highest BCUT2D eigenvalue weighted by Crippen LogP contribution is 2.49. The minimum atomic E-state index is -1.22. The number of hydrogen-bond donors (Lipinski definition) is 2. The van der Waals surface area contributed by atoms with Gasteiger partial charge in [0, 0.05) is 22.9 Å². The topological polar surface area (TPSA) is 121 Å². The maximum Gasteiger partial charge on any atom is 0.271 e. The lowest BCUT2D eigenvalue weighted by molar-refractivity contribution is -0.132. The monoisotopic (exact) mass is 622 g/mol. The molecule has 11 heteroatoms. The summed E-state index contributed by atoms with van der Waals surface area (Å²) in [5, 5.41) is 12.0. The van der Waals surface area contributed by atoms with E-state index in [1.807, 2.05) is 0 Å². The molecule has 3 aliphatic rings. The number of nitrogens with zero attached hydrogens (tertiary/aromatic N) is 4. The van der Waals surface area contributed by atoms with Gasteiger partial charge in [-0.05, 0) is 93.8 Å². The molecule has 1 aromatic carbocycles. The van der Waals surface area contributed by atoms with Crippen LogP contribution in [0.4, 0.5) is 20.3 Å². The van der Waals surface area contributed by atoms with Crippen LogP contribution in [0.1, 0.15) is 72.5 Å². The summed E-state index contributed by atoms with van der Waals surface area (Å²) in [6.07, 6.45) is 8.53. The Balaban J connectivity index is 1.34. The fraction of sp³-hybridized carbons (Fsp3) is 0.314. The number of hydrogen-bond acceptors (Lipinski definition) is 8. The van der Waals surface area contributed by atoms with E-state index in [4.69, 9.17) is 15.1 Å². The van der Waals surface area contributed by atoms with E-state index in [9.17, 15) is 18.4 Å². The number of carbonyl (C=O) groups excluding carboxylic acids is 2. The molecule has 4 heterocycles. The second-order valence-electron chi connectivity index (χ2n) is 12.7. The number of rotatable bonds is 10. The average Bonchev–Trinajstić information content (AvgIpc) is 3.98. The second-order valence-corrected chi connectivity index (χ2v) is 12.7. The molecule has 9 nitrogen and oxygen atoms in total. The second kappa shape index (κ2) is 11.1.